The average molecular weight is 770 g/mol. The maximum atomic E-state index is 13.2. The van der Waals surface area contributed by atoms with Gasteiger partial charge in [-0.05, 0) is 104 Å². The minimum Gasteiger partial charge on any atom is -0.477 e. The summed E-state index contributed by atoms with van der Waals surface area (Å²) in [6.07, 6.45) is -0.0946. The second-order valence-corrected chi connectivity index (χ2v) is 16.7. The van der Waals surface area contributed by atoms with E-state index in [0.717, 1.165) is 12.8 Å². The first-order valence-electron chi connectivity index (χ1n) is 16.9. The lowest BCUT2D eigenvalue weighted by Crippen LogP contribution is -2.49. The predicted molar refractivity (Wildman–Crippen MR) is 186 cm³/mol. The molecule has 3 aromatic heterocycles. The van der Waals surface area contributed by atoms with Gasteiger partial charge in [-0.15, -0.1) is 5.10 Å². The summed E-state index contributed by atoms with van der Waals surface area (Å²) < 4.78 is 80.0. The van der Waals surface area contributed by atoms with E-state index in [2.05, 4.69) is 20.4 Å². The molecule has 2 N–H and O–H groups in total. The first-order valence-corrected chi connectivity index (χ1v) is 18.8. The summed E-state index contributed by atoms with van der Waals surface area (Å²) in [6, 6.07) is 8.42. The highest BCUT2D eigenvalue weighted by Crippen LogP contribution is 2.59. The molecule has 13 nitrogen and oxygen atoms in total. The zero-order valence-electron chi connectivity index (χ0n) is 29.6. The zero-order chi connectivity index (χ0) is 38.1. The quantitative estimate of drug-likeness (QED) is 0.138. The van der Waals surface area contributed by atoms with Gasteiger partial charge in [0.05, 0.1) is 17.6 Å². The van der Waals surface area contributed by atoms with E-state index in [1.54, 1.807) is 6.07 Å². The smallest absolute Gasteiger partial charge is 0.410 e. The van der Waals surface area contributed by atoms with E-state index in [0.29, 0.717) is 19.4 Å². The largest absolute Gasteiger partial charge is 0.477 e. The van der Waals surface area contributed by atoms with Gasteiger partial charge in [-0.2, -0.15) is 21.6 Å². The van der Waals surface area contributed by atoms with Gasteiger partial charge in [-0.3, -0.25) is 4.79 Å². The second-order valence-electron chi connectivity index (χ2n) is 14.7. The van der Waals surface area contributed by atoms with E-state index in [-0.39, 0.29) is 71.8 Å². The zero-order valence-corrected chi connectivity index (χ0v) is 31.2. The van der Waals surface area contributed by atoms with Crippen molar-refractivity contribution in [2.75, 3.05) is 18.5 Å². The molecule has 1 saturated carbocycles. The fraction of sp³-hybridized carbons (Fsp3) is 0.559. The van der Waals surface area contributed by atoms with Crippen LogP contribution in [0, 0.1) is 5.41 Å². The number of halogens is 4. The van der Waals surface area contributed by atoms with Gasteiger partial charge in [0.2, 0.25) is 5.88 Å². The van der Waals surface area contributed by atoms with E-state index < -0.39 is 38.1 Å². The van der Waals surface area contributed by atoms with Crippen molar-refractivity contribution in [1.82, 2.24) is 29.4 Å². The lowest BCUT2D eigenvalue weighted by Gasteiger charge is -2.37. The van der Waals surface area contributed by atoms with Crippen LogP contribution in [0.25, 0.3) is 5.82 Å². The number of carbonyl (C=O) groups is 2. The molecule has 1 saturated heterocycles. The average Bonchev–Trinajstić information content (AvgIpc) is 3.58. The number of aromatic nitrogens is 4. The van der Waals surface area contributed by atoms with Crippen LogP contribution in [-0.2, 0) is 14.8 Å². The Morgan fingerprint density at radius 2 is 1.79 bits per heavy atom. The van der Waals surface area contributed by atoms with Crippen molar-refractivity contribution < 1.29 is 40.7 Å². The summed E-state index contributed by atoms with van der Waals surface area (Å²) in [4.78, 5) is 36.0. The van der Waals surface area contributed by atoms with Crippen molar-refractivity contribution >= 4 is 39.4 Å². The summed E-state index contributed by atoms with van der Waals surface area (Å²) in [5.41, 5.74) is -2.86. The van der Waals surface area contributed by atoms with E-state index in [9.17, 15) is 31.2 Å². The number of alkyl halides is 3. The van der Waals surface area contributed by atoms with Crippen LogP contribution in [-0.4, -0.2) is 81.6 Å². The summed E-state index contributed by atoms with van der Waals surface area (Å²) in [7, 11) is -4.42. The standard InChI is InChI=1S/C34H43ClF3N7O6S/c1-31(2,3)51-30(47)45-22(13-15-32(45,4)5)8-7-19-39-24-9-6-10-27(40-24)52(48,49)43-29(46)23-11-12-25(41-28(23)35)44-20-14-26(42-44)50-21-18-33(16-17-33)34(36,37)38/h6,9-12,14,20,22H,7-8,13,15-19,21H2,1-5H3,(H,39,40)(H,43,46)/t22-/m0/s1. The molecular formula is C34H43ClF3N7O6S. The molecule has 3 aromatic rings. The number of pyridine rings is 2. The summed E-state index contributed by atoms with van der Waals surface area (Å²) >= 11 is 6.25. The molecule has 2 aliphatic rings. The van der Waals surface area contributed by atoms with Gasteiger partial charge < -0.3 is 19.7 Å². The molecule has 1 aliphatic carbocycles. The third kappa shape index (κ3) is 9.26. The van der Waals surface area contributed by atoms with Gasteiger partial charge in [0.1, 0.15) is 16.6 Å². The van der Waals surface area contributed by atoms with Crippen LogP contribution in [0.15, 0.2) is 47.6 Å². The van der Waals surface area contributed by atoms with Gasteiger partial charge in [0.25, 0.3) is 15.9 Å². The van der Waals surface area contributed by atoms with Gasteiger partial charge in [-0.25, -0.2) is 24.2 Å². The van der Waals surface area contributed by atoms with Crippen molar-refractivity contribution in [2.24, 2.45) is 5.41 Å². The number of carbonyl (C=O) groups excluding carboxylic acids is 2. The normalized spacial score (nSPS) is 18.2. The van der Waals surface area contributed by atoms with E-state index in [4.69, 9.17) is 21.1 Å². The van der Waals surface area contributed by atoms with Crippen LogP contribution in [0.1, 0.15) is 89.9 Å². The maximum absolute atomic E-state index is 13.2. The minimum absolute atomic E-state index is 0.00223. The first kappa shape index (κ1) is 39.1. The molecule has 0 unspecified atom stereocenters. The summed E-state index contributed by atoms with van der Waals surface area (Å²) in [5, 5.41) is 6.54. The molecule has 0 aromatic carbocycles. The number of likely N-dealkylation sites (tertiary alicyclic amines) is 1. The summed E-state index contributed by atoms with van der Waals surface area (Å²) in [5.74, 6) is -0.523. The number of hydrogen-bond acceptors (Lipinski definition) is 10. The van der Waals surface area contributed by atoms with Crippen molar-refractivity contribution in [2.45, 2.75) is 108 Å². The van der Waals surface area contributed by atoms with E-state index >= 15 is 0 Å². The lowest BCUT2D eigenvalue weighted by atomic mass is 10.0. The number of ether oxygens (including phenoxy) is 2. The Kier molecular flexibility index (Phi) is 11.1. The molecule has 52 heavy (non-hydrogen) atoms. The van der Waals surface area contributed by atoms with E-state index in [1.165, 1.54) is 41.2 Å². The molecule has 0 bridgehead atoms. The monoisotopic (exact) mass is 769 g/mol. The molecule has 0 radical (unpaired) electrons. The Morgan fingerprint density at radius 3 is 2.44 bits per heavy atom. The van der Waals surface area contributed by atoms with E-state index in [1.807, 2.05) is 44.2 Å². The van der Waals surface area contributed by atoms with Crippen molar-refractivity contribution in [3.05, 3.63) is 53.3 Å². The van der Waals surface area contributed by atoms with Crippen molar-refractivity contribution in [1.29, 1.82) is 0 Å². The topological polar surface area (TPSA) is 158 Å². The highest BCUT2D eigenvalue weighted by atomic mass is 35.5. The van der Waals surface area contributed by atoms with Gasteiger partial charge in [-0.1, -0.05) is 17.7 Å². The Labute approximate surface area is 305 Å². The molecule has 2 fully saturated rings. The Bertz CT molecular complexity index is 1890. The molecule has 1 atom stereocenters. The third-order valence-corrected chi connectivity index (χ3v) is 10.6. The highest BCUT2D eigenvalue weighted by Gasteiger charge is 2.62. The van der Waals surface area contributed by atoms with Crippen molar-refractivity contribution in [3.8, 4) is 11.7 Å². The second kappa shape index (κ2) is 14.7. The first-order chi connectivity index (χ1) is 24.2. The number of rotatable bonds is 13. The number of hydrogen-bond donors (Lipinski definition) is 2. The third-order valence-electron chi connectivity index (χ3n) is 9.11. The predicted octanol–water partition coefficient (Wildman–Crippen LogP) is 6.92. The highest BCUT2D eigenvalue weighted by molar-refractivity contribution is 7.90. The number of amides is 2. The molecule has 284 valence electrons. The SMILES string of the molecule is CC(C)(C)OC(=O)N1[C@@H](CCCNc2cccc(S(=O)(=O)NC(=O)c3ccc(-n4ccc(OCCC5(C(F)(F)F)CC5)n4)nc3Cl)n2)CCC1(C)C. The van der Waals surface area contributed by atoms with Gasteiger partial charge in [0, 0.05) is 30.4 Å². The molecule has 1 aliphatic heterocycles. The van der Waals surface area contributed by atoms with Crippen LogP contribution in [0.2, 0.25) is 5.15 Å². The number of anilines is 1. The molecule has 4 heterocycles. The van der Waals surface area contributed by atoms with Crippen LogP contribution in [0.5, 0.6) is 5.88 Å². The fourth-order valence-corrected chi connectivity index (χ4v) is 7.27. The maximum Gasteiger partial charge on any atom is 0.410 e. The lowest BCUT2D eigenvalue weighted by molar-refractivity contribution is -0.190. The number of nitrogens with one attached hydrogen (secondary N) is 2. The van der Waals surface area contributed by atoms with Gasteiger partial charge >= 0.3 is 12.3 Å². The Balaban J connectivity index is 1.13. The van der Waals surface area contributed by atoms with Crippen molar-refractivity contribution in [3.63, 3.8) is 0 Å². The molecule has 5 rings (SSSR count). The number of nitrogens with zero attached hydrogens (tertiary/aromatic N) is 5. The summed E-state index contributed by atoms with van der Waals surface area (Å²) in [6.45, 7) is 9.85. The Morgan fingerprint density at radius 1 is 1.06 bits per heavy atom. The van der Waals surface area contributed by atoms with Crippen LogP contribution < -0.4 is 14.8 Å². The fourth-order valence-electron chi connectivity index (χ4n) is 6.10. The Hall–Kier alpha value is -4.12. The van der Waals surface area contributed by atoms with Crippen LogP contribution in [0.3, 0.4) is 0 Å². The van der Waals surface area contributed by atoms with Gasteiger partial charge in [0.15, 0.2) is 10.8 Å². The molecule has 18 heteroatoms. The number of sulfonamides is 1. The molecular weight excluding hydrogens is 727 g/mol. The molecule has 2 amide bonds. The van der Waals surface area contributed by atoms with Crippen LogP contribution in [0.4, 0.5) is 23.8 Å². The minimum atomic E-state index is -4.42. The van der Waals surface area contributed by atoms with Crippen LogP contribution >= 0.6 is 11.6 Å². The molecule has 0 spiro atoms.